The first-order chi connectivity index (χ1) is 15.5. The van der Waals surface area contributed by atoms with Crippen molar-refractivity contribution in [1.82, 2.24) is 10.4 Å². The third kappa shape index (κ3) is 4.95. The van der Waals surface area contributed by atoms with E-state index < -0.39 is 5.37 Å². The van der Waals surface area contributed by atoms with Gasteiger partial charge in [-0.25, -0.2) is 5.01 Å². The molecule has 0 aromatic heterocycles. The van der Waals surface area contributed by atoms with E-state index in [1.165, 1.54) is 16.8 Å². The minimum atomic E-state index is -0.420. The van der Waals surface area contributed by atoms with Gasteiger partial charge in [-0.3, -0.25) is 15.0 Å². The van der Waals surface area contributed by atoms with Crippen LogP contribution in [-0.2, 0) is 16.0 Å². The highest BCUT2D eigenvalue weighted by Gasteiger charge is 2.38. The minimum Gasteiger partial charge on any atom is -0.508 e. The molecule has 1 aliphatic rings. The Bertz CT molecular complexity index is 1130. The summed E-state index contributed by atoms with van der Waals surface area (Å²) >= 11 is 1.36. The van der Waals surface area contributed by atoms with Gasteiger partial charge in [0.2, 0.25) is 5.91 Å². The predicted molar refractivity (Wildman–Crippen MR) is 125 cm³/mol. The van der Waals surface area contributed by atoms with Gasteiger partial charge in [-0.15, -0.1) is 0 Å². The first-order valence-corrected chi connectivity index (χ1v) is 10.9. The van der Waals surface area contributed by atoms with Crippen LogP contribution in [0.25, 0.3) is 6.08 Å². The van der Waals surface area contributed by atoms with Crippen LogP contribution in [0.3, 0.4) is 0 Å². The lowest BCUT2D eigenvalue weighted by molar-refractivity contribution is -0.137. The summed E-state index contributed by atoms with van der Waals surface area (Å²) < 4.78 is 5.23. The Kier molecular flexibility index (Phi) is 6.47. The van der Waals surface area contributed by atoms with Gasteiger partial charge < -0.3 is 9.84 Å². The number of hydrogen-bond acceptors (Lipinski definition) is 5. The topological polar surface area (TPSA) is 78.9 Å². The lowest BCUT2D eigenvalue weighted by atomic mass is 10.1. The van der Waals surface area contributed by atoms with Crippen LogP contribution in [0.1, 0.15) is 22.1 Å². The molecule has 1 saturated heterocycles. The molecule has 1 atom stereocenters. The highest BCUT2D eigenvalue weighted by atomic mass is 32.2. The Morgan fingerprint density at radius 3 is 2.41 bits per heavy atom. The Morgan fingerprint density at radius 1 is 1.06 bits per heavy atom. The van der Waals surface area contributed by atoms with Crippen molar-refractivity contribution in [3.8, 4) is 11.5 Å². The van der Waals surface area contributed by atoms with E-state index in [4.69, 9.17) is 4.74 Å². The highest BCUT2D eigenvalue weighted by molar-refractivity contribution is 8.04. The number of amides is 2. The lowest BCUT2D eigenvalue weighted by Crippen LogP contribution is -2.44. The number of carbonyl (C=O) groups excluding carboxylic acids is 2. The van der Waals surface area contributed by atoms with Gasteiger partial charge in [0.25, 0.3) is 5.91 Å². The Hall–Kier alpha value is -3.71. The van der Waals surface area contributed by atoms with Gasteiger partial charge in [-0.05, 0) is 47.0 Å². The Morgan fingerprint density at radius 2 is 1.75 bits per heavy atom. The van der Waals surface area contributed by atoms with E-state index in [0.29, 0.717) is 10.7 Å². The molecule has 3 aromatic carbocycles. The van der Waals surface area contributed by atoms with Crippen molar-refractivity contribution >= 4 is 29.7 Å². The van der Waals surface area contributed by atoms with Crippen molar-refractivity contribution in [2.45, 2.75) is 11.8 Å². The van der Waals surface area contributed by atoms with Gasteiger partial charge in [0, 0.05) is 0 Å². The number of benzene rings is 3. The zero-order chi connectivity index (χ0) is 22.5. The molecule has 32 heavy (non-hydrogen) atoms. The molecule has 0 radical (unpaired) electrons. The van der Waals surface area contributed by atoms with Crippen LogP contribution >= 0.6 is 11.8 Å². The predicted octanol–water partition coefficient (Wildman–Crippen LogP) is 4.29. The minimum absolute atomic E-state index is 0.156. The molecule has 4 rings (SSSR count). The number of nitrogens with one attached hydrogen (secondary N) is 1. The zero-order valence-electron chi connectivity index (χ0n) is 17.4. The van der Waals surface area contributed by atoms with E-state index >= 15 is 0 Å². The largest absolute Gasteiger partial charge is 0.508 e. The van der Waals surface area contributed by atoms with E-state index in [2.05, 4.69) is 5.43 Å². The third-order valence-electron chi connectivity index (χ3n) is 4.95. The molecule has 2 amide bonds. The molecule has 1 aliphatic heterocycles. The fourth-order valence-electron chi connectivity index (χ4n) is 3.32. The number of phenolic OH excluding ortho intramolecular Hbond substituents is 1. The molecule has 3 aromatic rings. The van der Waals surface area contributed by atoms with E-state index in [9.17, 15) is 14.7 Å². The maximum atomic E-state index is 13.2. The van der Waals surface area contributed by atoms with E-state index in [1.807, 2.05) is 54.6 Å². The summed E-state index contributed by atoms with van der Waals surface area (Å²) in [5, 5.41) is 10.5. The first-order valence-electron chi connectivity index (χ1n) is 10.0. The number of methoxy groups -OCH3 is 1. The van der Waals surface area contributed by atoms with Crippen molar-refractivity contribution < 1.29 is 19.4 Å². The quantitative estimate of drug-likeness (QED) is 0.553. The normalized spacial score (nSPS) is 16.9. The summed E-state index contributed by atoms with van der Waals surface area (Å²) in [5.74, 6) is 0.311. The molecule has 162 valence electrons. The van der Waals surface area contributed by atoms with Crippen molar-refractivity contribution in [2.75, 3.05) is 7.11 Å². The molecule has 0 bridgehead atoms. The molecule has 6 nitrogen and oxygen atoms in total. The van der Waals surface area contributed by atoms with Crippen LogP contribution in [-0.4, -0.2) is 29.0 Å². The molecule has 1 heterocycles. The van der Waals surface area contributed by atoms with Gasteiger partial charge >= 0.3 is 0 Å². The number of ether oxygens (including phenoxy) is 1. The van der Waals surface area contributed by atoms with Gasteiger partial charge in [0.15, 0.2) is 0 Å². The molecular weight excluding hydrogens is 424 g/mol. The number of hydrogen-bond donors (Lipinski definition) is 2. The van der Waals surface area contributed by atoms with Crippen molar-refractivity contribution in [3.63, 3.8) is 0 Å². The van der Waals surface area contributed by atoms with Crippen LogP contribution in [0.15, 0.2) is 83.8 Å². The summed E-state index contributed by atoms with van der Waals surface area (Å²) in [6.45, 7) is 0. The molecule has 0 saturated carbocycles. The average molecular weight is 447 g/mol. The molecule has 7 heteroatoms. The fourth-order valence-corrected chi connectivity index (χ4v) is 4.51. The maximum Gasteiger partial charge on any atom is 0.280 e. The molecule has 2 N–H and O–H groups in total. The molecule has 0 aliphatic carbocycles. The number of rotatable bonds is 6. The van der Waals surface area contributed by atoms with Crippen LogP contribution in [0.5, 0.6) is 11.5 Å². The SMILES string of the molecule is COc1ccc([C@@H]2S/C(=C/c3ccc(O)cc3)C(=O)N2NC(=O)Cc2ccccc2)cc1. The summed E-state index contributed by atoms with van der Waals surface area (Å²) in [6.07, 6.45) is 1.92. The van der Waals surface area contributed by atoms with Gasteiger partial charge in [0.1, 0.15) is 16.9 Å². The second kappa shape index (κ2) is 9.62. The number of hydrazine groups is 1. The fraction of sp³-hybridized carbons (Fsp3) is 0.120. The van der Waals surface area contributed by atoms with E-state index in [-0.39, 0.29) is 24.0 Å². The number of phenols is 1. The van der Waals surface area contributed by atoms with Crippen LogP contribution < -0.4 is 10.2 Å². The van der Waals surface area contributed by atoms with E-state index in [0.717, 1.165) is 16.7 Å². The molecule has 1 fully saturated rings. The maximum absolute atomic E-state index is 13.2. The van der Waals surface area contributed by atoms with Crippen molar-refractivity contribution in [3.05, 3.63) is 100 Å². The van der Waals surface area contributed by atoms with Gasteiger partial charge in [-0.2, -0.15) is 0 Å². The van der Waals surface area contributed by atoms with Gasteiger partial charge in [-0.1, -0.05) is 66.4 Å². The molecular formula is C25H22N2O4S. The second-order valence-electron chi connectivity index (χ2n) is 7.22. The summed E-state index contributed by atoms with van der Waals surface area (Å²) in [7, 11) is 1.59. The molecule has 0 spiro atoms. The van der Waals surface area contributed by atoms with E-state index in [1.54, 1.807) is 37.5 Å². The number of thioether (sulfide) groups is 1. The summed E-state index contributed by atoms with van der Waals surface area (Å²) in [6, 6.07) is 23.4. The van der Waals surface area contributed by atoms with Gasteiger partial charge in [0.05, 0.1) is 18.4 Å². The van der Waals surface area contributed by atoms with Crippen LogP contribution in [0, 0.1) is 0 Å². The van der Waals surface area contributed by atoms with Crippen LogP contribution in [0.2, 0.25) is 0 Å². The lowest BCUT2D eigenvalue weighted by Gasteiger charge is -2.24. The Labute approximate surface area is 190 Å². The second-order valence-corrected chi connectivity index (χ2v) is 8.34. The standard InChI is InChI=1S/C25H22N2O4S/c1-31-21-13-9-19(10-14-21)25-27(26-23(29)16-17-5-3-2-4-6-17)24(30)22(32-25)15-18-7-11-20(28)12-8-18/h2-15,25,28H,16H2,1H3,(H,26,29)/b22-15+/t25-/m0/s1. The first kappa shape index (κ1) is 21.5. The third-order valence-corrected chi connectivity index (χ3v) is 6.20. The highest BCUT2D eigenvalue weighted by Crippen LogP contribution is 2.45. The summed E-state index contributed by atoms with van der Waals surface area (Å²) in [4.78, 5) is 26.4. The van der Waals surface area contributed by atoms with Crippen LogP contribution in [0.4, 0.5) is 0 Å². The summed E-state index contributed by atoms with van der Waals surface area (Å²) in [5.41, 5.74) is 5.30. The number of carbonyl (C=O) groups is 2. The van der Waals surface area contributed by atoms with Crippen molar-refractivity contribution in [1.29, 1.82) is 0 Å². The smallest absolute Gasteiger partial charge is 0.280 e. The average Bonchev–Trinajstić information content (AvgIpc) is 3.11. The van der Waals surface area contributed by atoms with Crippen molar-refractivity contribution in [2.24, 2.45) is 0 Å². The monoisotopic (exact) mass is 446 g/mol. The number of nitrogens with zero attached hydrogens (tertiary/aromatic N) is 1. The molecule has 0 unspecified atom stereocenters. The zero-order valence-corrected chi connectivity index (χ0v) is 18.2. The Balaban J connectivity index is 1.60. The number of aromatic hydroxyl groups is 1.